The molecule has 0 heterocycles. The smallest absolute Gasteiger partial charge is 0.130 e. The van der Waals surface area contributed by atoms with Crippen molar-refractivity contribution in [2.75, 3.05) is 14.2 Å². The highest BCUT2D eigenvalue weighted by Crippen LogP contribution is 2.39. The molecular weight excluding hydrogens is 267 g/mol. The number of aryl methyl sites for hydroxylation is 1. The van der Waals surface area contributed by atoms with Crippen molar-refractivity contribution in [3.8, 4) is 22.6 Å². The molecule has 0 saturated carbocycles. The van der Waals surface area contributed by atoms with E-state index in [4.69, 9.17) is 9.47 Å². The number of hydrogen-bond donors (Lipinski definition) is 0. The van der Waals surface area contributed by atoms with E-state index in [0.29, 0.717) is 11.5 Å². The molecule has 0 unspecified atom stereocenters. The summed E-state index contributed by atoms with van der Waals surface area (Å²) in [5.41, 5.74) is 3.62. The molecule has 2 nitrogen and oxygen atoms in total. The first-order valence-corrected chi connectivity index (χ1v) is 7.00. The molecule has 0 aliphatic heterocycles. The van der Waals surface area contributed by atoms with Crippen molar-refractivity contribution in [1.82, 2.24) is 0 Å². The standard InChI is InChI=1S/C18H21FO2/c1-11(2)14-9-15(18(21-5)10-17(14)20-4)13-6-7-16(19)12(3)8-13/h6-11H,1-5H3. The minimum absolute atomic E-state index is 0.199. The van der Waals surface area contributed by atoms with Crippen LogP contribution in [0.15, 0.2) is 30.3 Å². The second kappa shape index (κ2) is 6.17. The van der Waals surface area contributed by atoms with Gasteiger partial charge in [0, 0.05) is 11.6 Å². The Morgan fingerprint density at radius 1 is 0.952 bits per heavy atom. The van der Waals surface area contributed by atoms with Gasteiger partial charge in [0.2, 0.25) is 0 Å². The van der Waals surface area contributed by atoms with Gasteiger partial charge in [-0.15, -0.1) is 0 Å². The van der Waals surface area contributed by atoms with E-state index in [0.717, 1.165) is 28.2 Å². The molecule has 2 aromatic rings. The third-order valence-electron chi connectivity index (χ3n) is 3.64. The van der Waals surface area contributed by atoms with Crippen LogP contribution in [0.4, 0.5) is 4.39 Å². The summed E-state index contributed by atoms with van der Waals surface area (Å²) in [6.07, 6.45) is 0. The lowest BCUT2D eigenvalue weighted by Crippen LogP contribution is -1.98. The lowest BCUT2D eigenvalue weighted by atomic mass is 9.94. The molecule has 0 amide bonds. The van der Waals surface area contributed by atoms with E-state index in [1.54, 1.807) is 27.2 Å². The predicted octanol–water partition coefficient (Wildman–Crippen LogP) is 4.94. The fourth-order valence-corrected chi connectivity index (χ4v) is 2.41. The summed E-state index contributed by atoms with van der Waals surface area (Å²) in [5, 5.41) is 0. The van der Waals surface area contributed by atoms with Gasteiger partial charge in [0.25, 0.3) is 0 Å². The van der Waals surface area contributed by atoms with Crippen LogP contribution in [0, 0.1) is 12.7 Å². The van der Waals surface area contributed by atoms with Crippen LogP contribution in [-0.2, 0) is 0 Å². The van der Waals surface area contributed by atoms with Crippen LogP contribution in [0.1, 0.15) is 30.9 Å². The van der Waals surface area contributed by atoms with Crippen molar-refractivity contribution in [3.63, 3.8) is 0 Å². The molecule has 0 aliphatic carbocycles. The van der Waals surface area contributed by atoms with Crippen molar-refractivity contribution < 1.29 is 13.9 Å². The highest BCUT2D eigenvalue weighted by Gasteiger charge is 2.15. The van der Waals surface area contributed by atoms with Gasteiger partial charge in [-0.2, -0.15) is 0 Å². The summed E-state index contributed by atoms with van der Waals surface area (Å²) < 4.78 is 24.4. The van der Waals surface area contributed by atoms with Crippen LogP contribution in [0.2, 0.25) is 0 Å². The maximum atomic E-state index is 13.5. The highest BCUT2D eigenvalue weighted by molar-refractivity contribution is 5.73. The predicted molar refractivity (Wildman–Crippen MR) is 83.8 cm³/mol. The molecule has 0 atom stereocenters. The molecule has 0 N–H and O–H groups in total. The summed E-state index contributed by atoms with van der Waals surface area (Å²) in [5.74, 6) is 1.66. The van der Waals surface area contributed by atoms with Crippen LogP contribution in [0.3, 0.4) is 0 Å². The number of benzene rings is 2. The van der Waals surface area contributed by atoms with Gasteiger partial charge in [-0.1, -0.05) is 19.9 Å². The molecule has 0 aliphatic rings. The summed E-state index contributed by atoms with van der Waals surface area (Å²) >= 11 is 0. The number of methoxy groups -OCH3 is 2. The Kier molecular flexibility index (Phi) is 4.51. The van der Waals surface area contributed by atoms with Gasteiger partial charge in [-0.25, -0.2) is 4.39 Å². The van der Waals surface area contributed by atoms with Gasteiger partial charge in [-0.05, 0) is 47.7 Å². The molecule has 0 bridgehead atoms. The molecule has 0 fully saturated rings. The quantitative estimate of drug-likeness (QED) is 0.793. The SMILES string of the molecule is COc1cc(OC)c(C(C)C)cc1-c1ccc(F)c(C)c1. The van der Waals surface area contributed by atoms with Gasteiger partial charge >= 0.3 is 0 Å². The molecule has 0 saturated heterocycles. The summed E-state index contributed by atoms with van der Waals surface area (Å²) in [6, 6.07) is 9.06. The Bertz CT molecular complexity index is 648. The van der Waals surface area contributed by atoms with Gasteiger partial charge in [0.05, 0.1) is 14.2 Å². The molecule has 21 heavy (non-hydrogen) atoms. The molecule has 3 heteroatoms. The van der Waals surface area contributed by atoms with Crippen LogP contribution in [0.25, 0.3) is 11.1 Å². The maximum Gasteiger partial charge on any atom is 0.130 e. The number of halogens is 1. The molecule has 0 aromatic heterocycles. The van der Waals surface area contributed by atoms with Gasteiger partial charge in [0.15, 0.2) is 0 Å². The Morgan fingerprint density at radius 3 is 2.14 bits per heavy atom. The van der Waals surface area contributed by atoms with Crippen molar-refractivity contribution in [2.45, 2.75) is 26.7 Å². The number of hydrogen-bond acceptors (Lipinski definition) is 2. The first-order valence-electron chi connectivity index (χ1n) is 7.00. The zero-order valence-corrected chi connectivity index (χ0v) is 13.2. The Morgan fingerprint density at radius 2 is 1.62 bits per heavy atom. The fraction of sp³-hybridized carbons (Fsp3) is 0.333. The lowest BCUT2D eigenvalue weighted by Gasteiger charge is -2.17. The fourth-order valence-electron chi connectivity index (χ4n) is 2.41. The van der Waals surface area contributed by atoms with E-state index in [1.165, 1.54) is 6.07 Å². The van der Waals surface area contributed by atoms with Crippen LogP contribution < -0.4 is 9.47 Å². The zero-order chi connectivity index (χ0) is 15.6. The average Bonchev–Trinajstić information content (AvgIpc) is 2.48. The van der Waals surface area contributed by atoms with E-state index < -0.39 is 0 Å². The first-order chi connectivity index (χ1) is 9.97. The van der Waals surface area contributed by atoms with E-state index >= 15 is 0 Å². The van der Waals surface area contributed by atoms with E-state index in [-0.39, 0.29) is 5.82 Å². The summed E-state index contributed by atoms with van der Waals surface area (Å²) in [4.78, 5) is 0. The normalized spacial score (nSPS) is 10.8. The maximum absolute atomic E-state index is 13.5. The van der Waals surface area contributed by atoms with Gasteiger partial charge in [0.1, 0.15) is 17.3 Å². The van der Waals surface area contributed by atoms with E-state index in [9.17, 15) is 4.39 Å². The Hall–Kier alpha value is -2.03. The molecular formula is C18H21FO2. The van der Waals surface area contributed by atoms with Crippen molar-refractivity contribution in [3.05, 3.63) is 47.3 Å². The molecule has 2 rings (SSSR count). The van der Waals surface area contributed by atoms with Crippen LogP contribution in [-0.4, -0.2) is 14.2 Å². The van der Waals surface area contributed by atoms with E-state index in [1.807, 2.05) is 12.1 Å². The summed E-state index contributed by atoms with van der Waals surface area (Å²) in [6.45, 7) is 5.99. The number of rotatable bonds is 4. The third-order valence-corrected chi connectivity index (χ3v) is 3.64. The minimum Gasteiger partial charge on any atom is -0.496 e. The van der Waals surface area contributed by atoms with Gasteiger partial charge in [-0.3, -0.25) is 0 Å². The van der Waals surface area contributed by atoms with E-state index in [2.05, 4.69) is 19.9 Å². The second-order valence-electron chi connectivity index (χ2n) is 5.41. The van der Waals surface area contributed by atoms with Crippen LogP contribution in [0.5, 0.6) is 11.5 Å². The molecule has 2 aromatic carbocycles. The van der Waals surface area contributed by atoms with Crippen molar-refractivity contribution in [1.29, 1.82) is 0 Å². The molecule has 112 valence electrons. The van der Waals surface area contributed by atoms with Gasteiger partial charge < -0.3 is 9.47 Å². The zero-order valence-electron chi connectivity index (χ0n) is 13.2. The first kappa shape index (κ1) is 15.4. The van der Waals surface area contributed by atoms with Crippen LogP contribution >= 0.6 is 0 Å². The average molecular weight is 288 g/mol. The molecule has 0 spiro atoms. The molecule has 0 radical (unpaired) electrons. The lowest BCUT2D eigenvalue weighted by molar-refractivity contribution is 0.390. The highest BCUT2D eigenvalue weighted by atomic mass is 19.1. The largest absolute Gasteiger partial charge is 0.496 e. The van der Waals surface area contributed by atoms with Crippen molar-refractivity contribution in [2.24, 2.45) is 0 Å². The Labute approximate surface area is 125 Å². The summed E-state index contributed by atoms with van der Waals surface area (Å²) in [7, 11) is 3.28. The van der Waals surface area contributed by atoms with Crippen molar-refractivity contribution >= 4 is 0 Å². The third kappa shape index (κ3) is 3.02. The minimum atomic E-state index is -0.199. The number of ether oxygens (including phenoxy) is 2. The monoisotopic (exact) mass is 288 g/mol. The Balaban J connectivity index is 2.65. The second-order valence-corrected chi connectivity index (χ2v) is 5.41. The topological polar surface area (TPSA) is 18.5 Å².